The molecule has 0 spiro atoms. The van der Waals surface area contributed by atoms with E-state index in [2.05, 4.69) is 0 Å². The van der Waals surface area contributed by atoms with Gasteiger partial charge < -0.3 is 9.47 Å². The third-order valence-corrected chi connectivity index (χ3v) is 3.88. The summed E-state index contributed by atoms with van der Waals surface area (Å²) in [7, 11) is 1.39. The fourth-order valence-corrected chi connectivity index (χ4v) is 2.57. The Hall–Kier alpha value is -2.62. The highest BCUT2D eigenvalue weighted by atomic mass is 16.6. The number of ether oxygens (including phenoxy) is 2. The Morgan fingerprint density at radius 3 is 2.59 bits per heavy atom. The average Bonchev–Trinajstić information content (AvgIpc) is 2.55. The van der Waals surface area contributed by atoms with Gasteiger partial charge in [0, 0.05) is 0 Å². The Morgan fingerprint density at radius 2 is 2.05 bits per heavy atom. The number of nitrogens with zero attached hydrogens (tertiary/aromatic N) is 2. The summed E-state index contributed by atoms with van der Waals surface area (Å²) in [6.07, 6.45) is 3.36. The summed E-state index contributed by atoms with van der Waals surface area (Å²) >= 11 is 0. The van der Waals surface area contributed by atoms with Crippen LogP contribution in [0.5, 0.6) is 11.5 Å². The van der Waals surface area contributed by atoms with Crippen LogP contribution in [0.3, 0.4) is 0 Å². The number of esters is 1. The molecule has 0 bridgehead atoms. The molecule has 1 fully saturated rings. The van der Waals surface area contributed by atoms with E-state index in [1.165, 1.54) is 25.3 Å². The van der Waals surface area contributed by atoms with E-state index in [-0.39, 0.29) is 11.4 Å². The Labute approximate surface area is 127 Å². The Kier molecular flexibility index (Phi) is 4.61. The predicted octanol–water partition coefficient (Wildman–Crippen LogP) is 2.98. The van der Waals surface area contributed by atoms with Gasteiger partial charge in [-0.25, -0.2) is 4.79 Å². The first kappa shape index (κ1) is 15.8. The summed E-state index contributed by atoms with van der Waals surface area (Å²) in [4.78, 5) is 22.8. The number of rotatable bonds is 4. The number of carbonyl (C=O) groups is 1. The second-order valence-electron chi connectivity index (χ2n) is 5.23. The lowest BCUT2D eigenvalue weighted by Gasteiger charge is -2.27. The zero-order valence-electron chi connectivity index (χ0n) is 12.2. The van der Waals surface area contributed by atoms with Crippen molar-refractivity contribution in [2.45, 2.75) is 32.1 Å². The third kappa shape index (κ3) is 3.01. The van der Waals surface area contributed by atoms with Crippen LogP contribution in [0.15, 0.2) is 18.2 Å². The summed E-state index contributed by atoms with van der Waals surface area (Å²) < 4.78 is 10.1. The average molecular weight is 304 g/mol. The second-order valence-corrected chi connectivity index (χ2v) is 5.23. The van der Waals surface area contributed by atoms with Crippen LogP contribution in [0, 0.1) is 26.9 Å². The molecular formula is C15H16N2O5. The topological polar surface area (TPSA) is 102 Å². The summed E-state index contributed by atoms with van der Waals surface area (Å²) in [6, 6.07) is 6.00. The number of carbonyl (C=O) groups excluding carboxylic acids is 1. The molecule has 0 unspecified atom stereocenters. The van der Waals surface area contributed by atoms with Crippen molar-refractivity contribution in [2.24, 2.45) is 5.41 Å². The molecule has 22 heavy (non-hydrogen) atoms. The zero-order chi connectivity index (χ0) is 16.2. The summed E-state index contributed by atoms with van der Waals surface area (Å²) in [5, 5.41) is 20.4. The number of methoxy groups -OCH3 is 1. The van der Waals surface area contributed by atoms with E-state index in [9.17, 15) is 20.2 Å². The van der Waals surface area contributed by atoms with Crippen molar-refractivity contribution in [3.05, 3.63) is 28.3 Å². The van der Waals surface area contributed by atoms with Gasteiger partial charge in [-0.2, -0.15) is 5.26 Å². The zero-order valence-corrected chi connectivity index (χ0v) is 12.2. The van der Waals surface area contributed by atoms with Gasteiger partial charge in [-0.1, -0.05) is 19.3 Å². The van der Waals surface area contributed by atoms with Crippen LogP contribution < -0.4 is 9.47 Å². The first-order chi connectivity index (χ1) is 10.5. The fraction of sp³-hybridized carbons (Fsp3) is 0.467. The van der Waals surface area contributed by atoms with Crippen molar-refractivity contribution in [3.63, 3.8) is 0 Å². The minimum atomic E-state index is -1.20. The SMILES string of the molecule is COc1ccc(OC(=O)C2(C#N)CCCCC2)c([N+](=O)[O-])c1. The molecule has 7 heteroatoms. The van der Waals surface area contributed by atoms with Crippen LogP contribution in [0.2, 0.25) is 0 Å². The normalized spacial score (nSPS) is 16.4. The molecule has 1 saturated carbocycles. The van der Waals surface area contributed by atoms with Crippen LogP contribution >= 0.6 is 0 Å². The number of nitriles is 1. The quantitative estimate of drug-likeness (QED) is 0.366. The molecule has 0 aromatic heterocycles. The van der Waals surface area contributed by atoms with Crippen LogP contribution in [0.4, 0.5) is 5.69 Å². The molecule has 0 radical (unpaired) electrons. The summed E-state index contributed by atoms with van der Waals surface area (Å²) in [5.74, 6) is -0.599. The first-order valence-electron chi connectivity index (χ1n) is 6.98. The van der Waals surface area contributed by atoms with Crippen LogP contribution in [-0.2, 0) is 4.79 Å². The predicted molar refractivity (Wildman–Crippen MR) is 76.4 cm³/mol. The molecule has 1 aromatic rings. The minimum Gasteiger partial charge on any atom is -0.496 e. The molecule has 0 saturated heterocycles. The van der Waals surface area contributed by atoms with Gasteiger partial charge in [-0.15, -0.1) is 0 Å². The van der Waals surface area contributed by atoms with Crippen LogP contribution in [-0.4, -0.2) is 18.0 Å². The van der Waals surface area contributed by atoms with Crippen molar-refractivity contribution >= 4 is 11.7 Å². The fourth-order valence-electron chi connectivity index (χ4n) is 2.57. The molecule has 2 rings (SSSR count). The monoisotopic (exact) mass is 304 g/mol. The summed E-state index contributed by atoms with van der Waals surface area (Å²) in [6.45, 7) is 0. The number of benzene rings is 1. The molecule has 1 aliphatic rings. The van der Waals surface area contributed by atoms with E-state index in [0.29, 0.717) is 18.6 Å². The smallest absolute Gasteiger partial charge is 0.332 e. The maximum absolute atomic E-state index is 12.4. The first-order valence-corrected chi connectivity index (χ1v) is 6.98. The van der Waals surface area contributed by atoms with E-state index >= 15 is 0 Å². The lowest BCUT2D eigenvalue weighted by molar-refractivity contribution is -0.385. The van der Waals surface area contributed by atoms with Crippen LogP contribution in [0.1, 0.15) is 32.1 Å². The number of nitro groups is 1. The molecule has 0 heterocycles. The Balaban J connectivity index is 2.28. The molecule has 7 nitrogen and oxygen atoms in total. The minimum absolute atomic E-state index is 0.170. The Bertz CT molecular complexity index is 629. The van der Waals surface area contributed by atoms with Gasteiger partial charge in [0.1, 0.15) is 5.75 Å². The van der Waals surface area contributed by atoms with Gasteiger partial charge in [0.25, 0.3) is 0 Å². The second kappa shape index (κ2) is 6.43. The van der Waals surface area contributed by atoms with Crippen molar-refractivity contribution in [1.29, 1.82) is 5.26 Å². The van der Waals surface area contributed by atoms with Crippen molar-refractivity contribution < 1.29 is 19.2 Å². The molecule has 0 amide bonds. The highest BCUT2D eigenvalue weighted by Crippen LogP contribution is 2.39. The van der Waals surface area contributed by atoms with Crippen molar-refractivity contribution in [3.8, 4) is 17.6 Å². The Morgan fingerprint density at radius 1 is 1.36 bits per heavy atom. The van der Waals surface area contributed by atoms with Gasteiger partial charge in [0.15, 0.2) is 5.41 Å². The van der Waals surface area contributed by atoms with Crippen molar-refractivity contribution in [2.75, 3.05) is 7.11 Å². The van der Waals surface area contributed by atoms with E-state index < -0.39 is 16.3 Å². The van der Waals surface area contributed by atoms with Crippen molar-refractivity contribution in [1.82, 2.24) is 0 Å². The largest absolute Gasteiger partial charge is 0.496 e. The van der Waals surface area contributed by atoms with E-state index in [4.69, 9.17) is 9.47 Å². The number of hydrogen-bond acceptors (Lipinski definition) is 6. The third-order valence-electron chi connectivity index (χ3n) is 3.88. The van der Waals surface area contributed by atoms with E-state index in [1.807, 2.05) is 6.07 Å². The van der Waals surface area contributed by atoms with Gasteiger partial charge in [-0.05, 0) is 25.0 Å². The van der Waals surface area contributed by atoms with Gasteiger partial charge in [-0.3, -0.25) is 10.1 Å². The lowest BCUT2D eigenvalue weighted by Crippen LogP contribution is -2.35. The standard InChI is InChI=1S/C15H16N2O5/c1-21-11-5-6-13(12(9-11)17(19)20)22-14(18)15(10-16)7-3-2-4-8-15/h5-6,9H,2-4,7-8H2,1H3. The van der Waals surface area contributed by atoms with Gasteiger partial charge in [0.05, 0.1) is 24.2 Å². The van der Waals surface area contributed by atoms with Crippen LogP contribution in [0.25, 0.3) is 0 Å². The van der Waals surface area contributed by atoms with Gasteiger partial charge in [0.2, 0.25) is 5.75 Å². The number of hydrogen-bond donors (Lipinski definition) is 0. The summed E-state index contributed by atoms with van der Waals surface area (Å²) in [5.41, 5.74) is -1.57. The maximum atomic E-state index is 12.4. The number of nitro benzene ring substituents is 1. The maximum Gasteiger partial charge on any atom is 0.332 e. The highest BCUT2D eigenvalue weighted by Gasteiger charge is 2.42. The molecule has 0 atom stereocenters. The van der Waals surface area contributed by atoms with E-state index in [1.54, 1.807) is 0 Å². The molecule has 116 valence electrons. The lowest BCUT2D eigenvalue weighted by atomic mass is 9.75. The molecule has 1 aliphatic carbocycles. The van der Waals surface area contributed by atoms with E-state index in [0.717, 1.165) is 19.3 Å². The molecule has 1 aromatic carbocycles. The molecule has 0 aliphatic heterocycles. The molecule has 0 N–H and O–H groups in total. The molecular weight excluding hydrogens is 288 g/mol. The highest BCUT2D eigenvalue weighted by molar-refractivity contribution is 5.83. The van der Waals surface area contributed by atoms with Gasteiger partial charge >= 0.3 is 11.7 Å².